The quantitative estimate of drug-likeness (QED) is 0.777. The molecule has 1 atom stereocenters. The van der Waals surface area contributed by atoms with Crippen molar-refractivity contribution in [3.63, 3.8) is 0 Å². The highest BCUT2D eigenvalue weighted by atomic mass is 16.5. The third-order valence-corrected chi connectivity index (χ3v) is 3.09. The minimum absolute atomic E-state index is 0.0538. The molecule has 104 valence electrons. The van der Waals surface area contributed by atoms with E-state index in [1.165, 1.54) is 19.0 Å². The SMILES string of the molecule is CC(CO)CNC(=O)c1ccc(OCC2CC2)nc1. The van der Waals surface area contributed by atoms with Gasteiger partial charge in [-0.05, 0) is 30.7 Å². The van der Waals surface area contributed by atoms with E-state index >= 15 is 0 Å². The van der Waals surface area contributed by atoms with E-state index in [4.69, 9.17) is 9.84 Å². The predicted molar refractivity (Wildman–Crippen MR) is 71.0 cm³/mol. The molecule has 2 N–H and O–H groups in total. The monoisotopic (exact) mass is 264 g/mol. The Labute approximate surface area is 113 Å². The van der Waals surface area contributed by atoms with E-state index in [-0.39, 0.29) is 18.4 Å². The van der Waals surface area contributed by atoms with E-state index in [1.54, 1.807) is 12.1 Å². The van der Waals surface area contributed by atoms with Gasteiger partial charge in [-0.25, -0.2) is 4.98 Å². The van der Waals surface area contributed by atoms with Crippen LogP contribution in [0.4, 0.5) is 0 Å². The summed E-state index contributed by atoms with van der Waals surface area (Å²) in [5.74, 6) is 1.12. The van der Waals surface area contributed by atoms with Gasteiger partial charge in [0.1, 0.15) is 0 Å². The highest BCUT2D eigenvalue weighted by molar-refractivity contribution is 5.93. The first kappa shape index (κ1) is 13.8. The smallest absolute Gasteiger partial charge is 0.252 e. The third kappa shape index (κ3) is 4.52. The van der Waals surface area contributed by atoms with Gasteiger partial charge in [0.05, 0.1) is 12.2 Å². The number of carbonyl (C=O) groups is 1. The molecule has 1 fully saturated rings. The number of carbonyl (C=O) groups excluding carboxylic acids is 1. The maximum Gasteiger partial charge on any atom is 0.252 e. The number of hydrogen-bond acceptors (Lipinski definition) is 4. The van der Waals surface area contributed by atoms with Crippen molar-refractivity contribution in [1.82, 2.24) is 10.3 Å². The van der Waals surface area contributed by atoms with E-state index in [9.17, 15) is 4.79 Å². The van der Waals surface area contributed by atoms with Crippen molar-refractivity contribution >= 4 is 5.91 Å². The lowest BCUT2D eigenvalue weighted by Gasteiger charge is -2.09. The van der Waals surface area contributed by atoms with Gasteiger partial charge < -0.3 is 15.2 Å². The maximum absolute atomic E-state index is 11.8. The van der Waals surface area contributed by atoms with Crippen LogP contribution in [0.5, 0.6) is 5.88 Å². The van der Waals surface area contributed by atoms with E-state index in [2.05, 4.69) is 10.3 Å². The molecule has 19 heavy (non-hydrogen) atoms. The summed E-state index contributed by atoms with van der Waals surface area (Å²) in [7, 11) is 0. The van der Waals surface area contributed by atoms with Crippen LogP contribution in [0.2, 0.25) is 0 Å². The van der Waals surface area contributed by atoms with Crippen molar-refractivity contribution in [3.8, 4) is 5.88 Å². The number of aromatic nitrogens is 1. The van der Waals surface area contributed by atoms with Crippen LogP contribution >= 0.6 is 0 Å². The van der Waals surface area contributed by atoms with Gasteiger partial charge >= 0.3 is 0 Å². The number of pyridine rings is 1. The van der Waals surface area contributed by atoms with E-state index in [0.717, 1.165) is 0 Å². The average molecular weight is 264 g/mol. The Morgan fingerprint density at radius 1 is 1.58 bits per heavy atom. The fourth-order valence-electron chi connectivity index (χ4n) is 1.52. The van der Waals surface area contributed by atoms with Gasteiger partial charge in [0.15, 0.2) is 0 Å². The standard InChI is InChI=1S/C14H20N2O3/c1-10(8-17)6-16-14(18)12-4-5-13(15-7-12)19-9-11-2-3-11/h4-5,7,10-11,17H,2-3,6,8-9H2,1H3,(H,16,18). The number of rotatable bonds is 7. The number of nitrogens with one attached hydrogen (secondary N) is 1. The first-order valence-corrected chi connectivity index (χ1v) is 6.67. The first-order valence-electron chi connectivity index (χ1n) is 6.67. The second-order valence-corrected chi connectivity index (χ2v) is 5.14. The highest BCUT2D eigenvalue weighted by Gasteiger charge is 2.22. The van der Waals surface area contributed by atoms with Crippen LogP contribution < -0.4 is 10.1 Å². The molecular formula is C14H20N2O3. The second kappa shape index (κ2) is 6.52. The Balaban J connectivity index is 1.80. The summed E-state index contributed by atoms with van der Waals surface area (Å²) in [6.07, 6.45) is 3.99. The molecule has 1 amide bonds. The molecule has 0 aliphatic heterocycles. The van der Waals surface area contributed by atoms with Crippen LogP contribution in [-0.2, 0) is 0 Å². The van der Waals surface area contributed by atoms with Crippen molar-refractivity contribution < 1.29 is 14.6 Å². The van der Waals surface area contributed by atoms with Crippen LogP contribution in [0, 0.1) is 11.8 Å². The molecule has 0 aromatic carbocycles. The number of ether oxygens (including phenoxy) is 1. The van der Waals surface area contributed by atoms with Crippen molar-refractivity contribution in [2.24, 2.45) is 11.8 Å². The summed E-state index contributed by atoms with van der Waals surface area (Å²) < 4.78 is 5.50. The van der Waals surface area contributed by atoms with Gasteiger partial charge in [0.25, 0.3) is 5.91 Å². The number of hydrogen-bond donors (Lipinski definition) is 2. The van der Waals surface area contributed by atoms with Gasteiger partial charge in [-0.1, -0.05) is 6.92 Å². The van der Waals surface area contributed by atoms with Crippen molar-refractivity contribution in [1.29, 1.82) is 0 Å². The highest BCUT2D eigenvalue weighted by Crippen LogP contribution is 2.29. The molecule has 5 heteroatoms. The Kier molecular flexibility index (Phi) is 4.74. The summed E-state index contributed by atoms with van der Waals surface area (Å²) in [4.78, 5) is 15.9. The zero-order valence-electron chi connectivity index (χ0n) is 11.1. The normalized spacial score (nSPS) is 15.9. The minimum Gasteiger partial charge on any atom is -0.477 e. The molecule has 1 aliphatic carbocycles. The van der Waals surface area contributed by atoms with Gasteiger partial charge in [-0.3, -0.25) is 4.79 Å². The van der Waals surface area contributed by atoms with Gasteiger partial charge in [-0.2, -0.15) is 0 Å². The molecule has 0 spiro atoms. The maximum atomic E-state index is 11.8. The van der Waals surface area contributed by atoms with E-state index < -0.39 is 0 Å². The van der Waals surface area contributed by atoms with Crippen LogP contribution in [-0.4, -0.2) is 35.8 Å². The number of aliphatic hydroxyl groups excluding tert-OH is 1. The second-order valence-electron chi connectivity index (χ2n) is 5.14. The zero-order chi connectivity index (χ0) is 13.7. The van der Waals surface area contributed by atoms with Gasteiger partial charge in [-0.15, -0.1) is 0 Å². The minimum atomic E-state index is -0.179. The number of amides is 1. The van der Waals surface area contributed by atoms with Gasteiger partial charge in [0, 0.05) is 25.4 Å². The topological polar surface area (TPSA) is 71.5 Å². The molecule has 2 rings (SSSR count). The Morgan fingerprint density at radius 2 is 2.37 bits per heavy atom. The molecule has 1 aromatic rings. The summed E-state index contributed by atoms with van der Waals surface area (Å²) >= 11 is 0. The van der Waals surface area contributed by atoms with Crippen molar-refractivity contribution in [3.05, 3.63) is 23.9 Å². The lowest BCUT2D eigenvalue weighted by atomic mass is 10.2. The van der Waals surface area contributed by atoms with Crippen LogP contribution in [0.1, 0.15) is 30.1 Å². The van der Waals surface area contributed by atoms with Crippen molar-refractivity contribution in [2.45, 2.75) is 19.8 Å². The molecule has 0 radical (unpaired) electrons. The molecule has 1 saturated carbocycles. The first-order chi connectivity index (χ1) is 9.19. The molecule has 1 aliphatic rings. The molecular weight excluding hydrogens is 244 g/mol. The Hall–Kier alpha value is -1.62. The fourth-order valence-corrected chi connectivity index (χ4v) is 1.52. The summed E-state index contributed by atoms with van der Waals surface area (Å²) in [6.45, 7) is 3.10. The predicted octanol–water partition coefficient (Wildman–Crippen LogP) is 1.23. The number of nitrogens with zero attached hydrogens (tertiary/aromatic N) is 1. The summed E-state index contributed by atoms with van der Waals surface area (Å²) in [6, 6.07) is 3.42. The lowest BCUT2D eigenvalue weighted by Crippen LogP contribution is -2.29. The zero-order valence-corrected chi connectivity index (χ0v) is 11.1. The van der Waals surface area contributed by atoms with Crippen molar-refractivity contribution in [2.75, 3.05) is 19.8 Å². The lowest BCUT2D eigenvalue weighted by molar-refractivity contribution is 0.0942. The Morgan fingerprint density at radius 3 is 2.95 bits per heavy atom. The third-order valence-electron chi connectivity index (χ3n) is 3.09. The summed E-state index contributed by atoms with van der Waals surface area (Å²) in [5, 5.41) is 11.6. The fraction of sp³-hybridized carbons (Fsp3) is 0.571. The molecule has 0 saturated heterocycles. The van der Waals surface area contributed by atoms with Crippen LogP contribution in [0.3, 0.4) is 0 Å². The Bertz CT molecular complexity index is 415. The summed E-state index contributed by atoms with van der Waals surface area (Å²) in [5.41, 5.74) is 0.504. The van der Waals surface area contributed by atoms with E-state index in [1.807, 2.05) is 6.92 Å². The largest absolute Gasteiger partial charge is 0.477 e. The van der Waals surface area contributed by atoms with Crippen LogP contribution in [0.25, 0.3) is 0 Å². The molecule has 1 unspecified atom stereocenters. The molecule has 1 aromatic heterocycles. The molecule has 5 nitrogen and oxygen atoms in total. The molecule has 1 heterocycles. The van der Waals surface area contributed by atoms with Crippen LogP contribution in [0.15, 0.2) is 18.3 Å². The average Bonchev–Trinajstić information content (AvgIpc) is 3.27. The van der Waals surface area contributed by atoms with E-state index in [0.29, 0.717) is 30.5 Å². The number of aliphatic hydroxyl groups is 1. The van der Waals surface area contributed by atoms with Gasteiger partial charge in [0.2, 0.25) is 5.88 Å². The molecule has 0 bridgehead atoms.